The highest BCUT2D eigenvalue weighted by molar-refractivity contribution is 7.89. The highest BCUT2D eigenvalue weighted by Crippen LogP contribution is 2.27. The SMILES string of the molecule is COc1cc(NC(=O)[C@H](CC2CCOCC2)NC(=O)c2ccc(F)cc2)cnc1S(=O)(=O)NC1CCCC1. The first kappa shape index (κ1) is 27.9. The van der Waals surface area contributed by atoms with Crippen LogP contribution in [0.25, 0.3) is 0 Å². The lowest BCUT2D eigenvalue weighted by Crippen LogP contribution is -2.45. The fourth-order valence-corrected chi connectivity index (χ4v) is 6.17. The number of amides is 2. The second-order valence-corrected chi connectivity index (χ2v) is 11.3. The van der Waals surface area contributed by atoms with E-state index in [1.54, 1.807) is 0 Å². The van der Waals surface area contributed by atoms with Crippen LogP contribution in [0.5, 0.6) is 5.75 Å². The molecular formula is C26H33FN4O6S. The van der Waals surface area contributed by atoms with Gasteiger partial charge in [0.05, 0.1) is 19.0 Å². The number of halogens is 1. The lowest BCUT2D eigenvalue weighted by Gasteiger charge is -2.27. The van der Waals surface area contributed by atoms with Gasteiger partial charge in [0.1, 0.15) is 11.9 Å². The average Bonchev–Trinajstić information content (AvgIpc) is 3.41. The van der Waals surface area contributed by atoms with E-state index in [4.69, 9.17) is 9.47 Å². The second kappa shape index (κ2) is 12.6. The Morgan fingerprint density at radius 3 is 2.47 bits per heavy atom. The molecule has 0 unspecified atom stereocenters. The topological polar surface area (TPSA) is 136 Å². The van der Waals surface area contributed by atoms with Gasteiger partial charge < -0.3 is 20.1 Å². The Morgan fingerprint density at radius 1 is 1.13 bits per heavy atom. The van der Waals surface area contributed by atoms with Crippen molar-refractivity contribution >= 4 is 27.5 Å². The van der Waals surface area contributed by atoms with Crippen LogP contribution >= 0.6 is 0 Å². The average molecular weight is 549 g/mol. The van der Waals surface area contributed by atoms with Crippen LogP contribution in [-0.4, -0.2) is 57.6 Å². The number of ether oxygens (including phenoxy) is 2. The summed E-state index contributed by atoms with van der Waals surface area (Å²) in [6.45, 7) is 1.16. The van der Waals surface area contributed by atoms with Gasteiger partial charge in [-0.15, -0.1) is 0 Å². The molecule has 2 aromatic rings. The lowest BCUT2D eigenvalue weighted by atomic mass is 9.92. The maximum absolute atomic E-state index is 13.3. The number of rotatable bonds is 10. The summed E-state index contributed by atoms with van der Waals surface area (Å²) in [5, 5.41) is 5.22. The summed E-state index contributed by atoms with van der Waals surface area (Å²) in [5.74, 6) is -1.31. The van der Waals surface area contributed by atoms with Crippen LogP contribution in [0.3, 0.4) is 0 Å². The Morgan fingerprint density at radius 2 is 1.82 bits per heavy atom. The van der Waals surface area contributed by atoms with Crippen LogP contribution in [0, 0.1) is 11.7 Å². The summed E-state index contributed by atoms with van der Waals surface area (Å²) in [5.41, 5.74) is 0.448. The van der Waals surface area contributed by atoms with E-state index < -0.39 is 33.7 Å². The van der Waals surface area contributed by atoms with Crippen molar-refractivity contribution in [1.82, 2.24) is 15.0 Å². The van der Waals surface area contributed by atoms with E-state index in [-0.39, 0.29) is 34.0 Å². The maximum atomic E-state index is 13.3. The molecule has 1 saturated carbocycles. The zero-order valence-electron chi connectivity index (χ0n) is 21.2. The Balaban J connectivity index is 1.50. The molecule has 2 aliphatic rings. The summed E-state index contributed by atoms with van der Waals surface area (Å²) in [7, 11) is -2.58. The Hall–Kier alpha value is -3.09. The molecule has 0 radical (unpaired) electrons. The van der Waals surface area contributed by atoms with Crippen LogP contribution in [0.1, 0.15) is 55.3 Å². The van der Waals surface area contributed by atoms with Crippen molar-refractivity contribution in [2.45, 2.75) is 62.1 Å². The Kier molecular flexibility index (Phi) is 9.29. The van der Waals surface area contributed by atoms with Crippen molar-refractivity contribution in [3.05, 3.63) is 47.9 Å². The molecule has 10 nitrogen and oxygen atoms in total. The first-order valence-electron chi connectivity index (χ1n) is 12.8. The van der Waals surface area contributed by atoms with E-state index in [0.717, 1.165) is 38.5 Å². The van der Waals surface area contributed by atoms with Crippen molar-refractivity contribution in [3.63, 3.8) is 0 Å². The van der Waals surface area contributed by atoms with Gasteiger partial charge in [0.25, 0.3) is 15.9 Å². The number of nitrogens with one attached hydrogen (secondary N) is 3. The summed E-state index contributed by atoms with van der Waals surface area (Å²) in [6.07, 6.45) is 6.62. The number of aromatic nitrogens is 1. The highest BCUT2D eigenvalue weighted by Gasteiger charge is 2.29. The third-order valence-electron chi connectivity index (χ3n) is 6.88. The van der Waals surface area contributed by atoms with Gasteiger partial charge in [-0.25, -0.2) is 22.5 Å². The van der Waals surface area contributed by atoms with Gasteiger partial charge in [0.15, 0.2) is 5.75 Å². The minimum Gasteiger partial charge on any atom is -0.494 e. The van der Waals surface area contributed by atoms with Crippen molar-refractivity contribution in [2.75, 3.05) is 25.6 Å². The fraction of sp³-hybridized carbons (Fsp3) is 0.500. The third-order valence-corrected chi connectivity index (χ3v) is 8.33. The van der Waals surface area contributed by atoms with Gasteiger partial charge in [0.2, 0.25) is 10.9 Å². The number of anilines is 1. The molecule has 1 aromatic carbocycles. The van der Waals surface area contributed by atoms with Crippen molar-refractivity contribution in [3.8, 4) is 5.75 Å². The van der Waals surface area contributed by atoms with Crippen LogP contribution in [-0.2, 0) is 19.6 Å². The monoisotopic (exact) mass is 548 g/mol. The number of pyridine rings is 1. The number of methoxy groups -OCH3 is 1. The molecule has 3 N–H and O–H groups in total. The molecule has 12 heteroatoms. The standard InChI is InChI=1S/C26H33FN4O6S/c1-36-23-15-21(16-28-26(23)38(34,35)31-20-4-2-3-5-20)29-25(33)22(14-17-10-12-37-13-11-17)30-24(32)18-6-8-19(27)9-7-18/h6-9,15-17,20,22,31H,2-5,10-14H2,1H3,(H,29,33)(H,30,32)/t22-/m0/s1. The molecule has 2 heterocycles. The Bertz CT molecular complexity index is 1230. The van der Waals surface area contributed by atoms with E-state index >= 15 is 0 Å². The minimum absolute atomic E-state index is 0.00961. The number of sulfonamides is 1. The normalized spacial score (nSPS) is 17.6. The summed E-state index contributed by atoms with van der Waals surface area (Å²) < 4.78 is 52.4. The van der Waals surface area contributed by atoms with Gasteiger partial charge in [-0.1, -0.05) is 12.8 Å². The summed E-state index contributed by atoms with van der Waals surface area (Å²) in [6, 6.07) is 5.41. The molecular weight excluding hydrogens is 515 g/mol. The molecule has 0 bridgehead atoms. The summed E-state index contributed by atoms with van der Waals surface area (Å²) >= 11 is 0. The largest absolute Gasteiger partial charge is 0.494 e. The van der Waals surface area contributed by atoms with Crippen molar-refractivity contribution in [2.24, 2.45) is 5.92 Å². The van der Waals surface area contributed by atoms with E-state index in [0.29, 0.717) is 19.6 Å². The predicted octanol–water partition coefficient (Wildman–Crippen LogP) is 3.00. The fourth-order valence-electron chi connectivity index (χ4n) is 4.79. The predicted molar refractivity (Wildman–Crippen MR) is 138 cm³/mol. The van der Waals surface area contributed by atoms with E-state index in [9.17, 15) is 22.4 Å². The second-order valence-electron chi connectivity index (χ2n) is 9.65. The molecule has 2 amide bonds. The molecule has 0 spiro atoms. The van der Waals surface area contributed by atoms with E-state index in [2.05, 4.69) is 20.3 Å². The molecule has 1 saturated heterocycles. The van der Waals surface area contributed by atoms with Crippen LogP contribution in [0.15, 0.2) is 41.6 Å². The van der Waals surface area contributed by atoms with E-state index in [1.807, 2.05) is 0 Å². The molecule has 4 rings (SSSR count). The molecule has 1 atom stereocenters. The van der Waals surface area contributed by atoms with Gasteiger partial charge in [-0.2, -0.15) is 0 Å². The number of carbonyl (C=O) groups excluding carboxylic acids is 2. The zero-order chi connectivity index (χ0) is 27.1. The highest BCUT2D eigenvalue weighted by atomic mass is 32.2. The molecule has 1 aliphatic heterocycles. The van der Waals surface area contributed by atoms with Gasteiger partial charge in [-0.05, 0) is 62.3 Å². The summed E-state index contributed by atoms with van der Waals surface area (Å²) in [4.78, 5) is 30.2. The molecule has 1 aromatic heterocycles. The maximum Gasteiger partial charge on any atom is 0.262 e. The van der Waals surface area contributed by atoms with Crippen molar-refractivity contribution < 1.29 is 31.9 Å². The number of nitrogens with zero attached hydrogens (tertiary/aromatic N) is 1. The molecule has 206 valence electrons. The minimum atomic E-state index is -3.91. The smallest absolute Gasteiger partial charge is 0.262 e. The van der Waals surface area contributed by atoms with Crippen LogP contribution in [0.2, 0.25) is 0 Å². The molecule has 38 heavy (non-hydrogen) atoms. The lowest BCUT2D eigenvalue weighted by molar-refractivity contribution is -0.118. The quantitative estimate of drug-likeness (QED) is 0.415. The Labute approximate surface area is 221 Å². The van der Waals surface area contributed by atoms with E-state index in [1.165, 1.54) is 43.6 Å². The van der Waals surface area contributed by atoms with Gasteiger partial charge in [-0.3, -0.25) is 9.59 Å². The zero-order valence-corrected chi connectivity index (χ0v) is 22.1. The number of hydrogen-bond acceptors (Lipinski definition) is 7. The van der Waals surface area contributed by atoms with Gasteiger partial charge >= 0.3 is 0 Å². The van der Waals surface area contributed by atoms with Gasteiger partial charge in [0, 0.05) is 30.9 Å². The van der Waals surface area contributed by atoms with Crippen molar-refractivity contribution in [1.29, 1.82) is 0 Å². The first-order chi connectivity index (χ1) is 18.2. The number of hydrogen-bond donors (Lipinski definition) is 3. The molecule has 2 fully saturated rings. The van der Waals surface area contributed by atoms with Crippen LogP contribution < -0.4 is 20.1 Å². The van der Waals surface area contributed by atoms with Crippen LogP contribution in [0.4, 0.5) is 10.1 Å². The number of carbonyl (C=O) groups is 2. The third kappa shape index (κ3) is 7.27. The first-order valence-corrected chi connectivity index (χ1v) is 14.2. The number of benzene rings is 1. The molecule has 1 aliphatic carbocycles.